The maximum Gasteiger partial charge on any atom is 0.254 e. The summed E-state index contributed by atoms with van der Waals surface area (Å²) in [5, 5.41) is 2.97. The summed E-state index contributed by atoms with van der Waals surface area (Å²) in [6.07, 6.45) is 0. The molecule has 0 aromatic heterocycles. The first-order valence-corrected chi connectivity index (χ1v) is 10.6. The quantitative estimate of drug-likeness (QED) is 0.582. The minimum Gasteiger partial charge on any atom is -0.497 e. The van der Waals surface area contributed by atoms with Gasteiger partial charge in [0.1, 0.15) is 11.6 Å². The van der Waals surface area contributed by atoms with Gasteiger partial charge in [-0.3, -0.25) is 9.59 Å². The van der Waals surface area contributed by atoms with E-state index < -0.39 is 12.0 Å². The first-order chi connectivity index (χ1) is 16.0. The molecule has 0 fully saturated rings. The molecule has 6 nitrogen and oxygen atoms in total. The molecule has 4 rings (SSSR count). The molecule has 1 heterocycles. The first-order valence-electron chi connectivity index (χ1n) is 10.6. The van der Waals surface area contributed by atoms with Crippen LogP contribution < -0.4 is 10.1 Å². The molecule has 2 amide bonds. The van der Waals surface area contributed by atoms with E-state index in [2.05, 4.69) is 5.32 Å². The fourth-order valence-corrected chi connectivity index (χ4v) is 4.26. The third kappa shape index (κ3) is 4.59. The lowest BCUT2D eigenvalue weighted by molar-refractivity contribution is -0.119. The van der Waals surface area contributed by atoms with Crippen molar-refractivity contribution in [2.45, 2.75) is 12.0 Å². The predicted octanol–water partition coefficient (Wildman–Crippen LogP) is 4.40. The number of nitrogens with zero attached hydrogens (tertiary/aromatic N) is 1. The summed E-state index contributed by atoms with van der Waals surface area (Å²) in [6, 6.07) is 19.5. The summed E-state index contributed by atoms with van der Waals surface area (Å²) < 4.78 is 24.2. The molecule has 0 radical (unpaired) electrons. The molecule has 2 atom stereocenters. The Hall–Kier alpha value is -3.71. The van der Waals surface area contributed by atoms with E-state index in [1.165, 1.54) is 12.1 Å². The number of ether oxygens (including phenoxy) is 2. The van der Waals surface area contributed by atoms with E-state index in [1.807, 2.05) is 6.07 Å². The molecule has 7 heteroatoms. The van der Waals surface area contributed by atoms with Crippen LogP contribution in [0.3, 0.4) is 0 Å². The van der Waals surface area contributed by atoms with Gasteiger partial charge in [-0.15, -0.1) is 0 Å². The van der Waals surface area contributed by atoms with E-state index in [1.54, 1.807) is 73.7 Å². The summed E-state index contributed by atoms with van der Waals surface area (Å²) in [5.74, 6) is -0.958. The minimum atomic E-state index is -0.715. The third-order valence-electron chi connectivity index (χ3n) is 5.81. The average molecular weight is 448 g/mol. The zero-order chi connectivity index (χ0) is 23.4. The van der Waals surface area contributed by atoms with Crippen LogP contribution >= 0.6 is 0 Å². The molecular formula is C26H25FN2O4. The van der Waals surface area contributed by atoms with Crippen LogP contribution in [0.25, 0.3) is 0 Å². The van der Waals surface area contributed by atoms with E-state index in [0.29, 0.717) is 34.7 Å². The van der Waals surface area contributed by atoms with Gasteiger partial charge in [-0.05, 0) is 41.5 Å². The standard InChI is InChI=1S/C26H25FN2O4/c1-32-15-14-29-24(17-10-12-18(27)13-11-17)23(21-8-3-4-9-22(21)26(29)31)25(30)28-19-6-5-7-20(16-19)33-2/h3-13,16,23-24H,14-15H2,1-2H3,(H,28,30). The zero-order valence-corrected chi connectivity index (χ0v) is 18.5. The molecule has 3 aromatic carbocycles. The Kier molecular flexibility index (Phi) is 6.70. The normalized spacial score (nSPS) is 17.4. The second-order valence-corrected chi connectivity index (χ2v) is 7.77. The molecule has 1 aliphatic heterocycles. The van der Waals surface area contributed by atoms with Crippen molar-refractivity contribution >= 4 is 17.5 Å². The Morgan fingerprint density at radius 3 is 2.52 bits per heavy atom. The van der Waals surface area contributed by atoms with Gasteiger partial charge < -0.3 is 19.7 Å². The molecule has 1 aliphatic rings. The predicted molar refractivity (Wildman–Crippen MR) is 123 cm³/mol. The van der Waals surface area contributed by atoms with Crippen molar-refractivity contribution in [1.29, 1.82) is 0 Å². The summed E-state index contributed by atoms with van der Waals surface area (Å²) >= 11 is 0. The van der Waals surface area contributed by atoms with E-state index in [9.17, 15) is 14.0 Å². The zero-order valence-electron chi connectivity index (χ0n) is 18.5. The monoisotopic (exact) mass is 448 g/mol. The second-order valence-electron chi connectivity index (χ2n) is 7.77. The molecule has 170 valence electrons. The Bertz CT molecular complexity index is 1150. The van der Waals surface area contributed by atoms with Gasteiger partial charge >= 0.3 is 0 Å². The van der Waals surface area contributed by atoms with Crippen LogP contribution in [0.15, 0.2) is 72.8 Å². The SMILES string of the molecule is COCCN1C(=O)c2ccccc2C(C(=O)Nc2cccc(OC)c2)C1c1ccc(F)cc1. The molecule has 1 N–H and O–H groups in total. The van der Waals surface area contributed by atoms with Crippen molar-refractivity contribution in [1.82, 2.24) is 4.90 Å². The molecule has 0 saturated carbocycles. The van der Waals surface area contributed by atoms with E-state index >= 15 is 0 Å². The lowest BCUT2D eigenvalue weighted by Gasteiger charge is -2.41. The number of carbonyl (C=O) groups excluding carboxylic acids is 2. The van der Waals surface area contributed by atoms with Crippen LogP contribution in [0.4, 0.5) is 10.1 Å². The summed E-state index contributed by atoms with van der Waals surface area (Å²) in [6.45, 7) is 0.588. The van der Waals surface area contributed by atoms with Gasteiger partial charge in [-0.1, -0.05) is 36.4 Å². The van der Waals surface area contributed by atoms with Crippen LogP contribution in [0.1, 0.15) is 33.4 Å². The van der Waals surface area contributed by atoms with Crippen molar-refractivity contribution in [3.8, 4) is 5.75 Å². The Balaban J connectivity index is 1.81. The largest absolute Gasteiger partial charge is 0.497 e. The summed E-state index contributed by atoms with van der Waals surface area (Å²) in [7, 11) is 3.12. The number of hydrogen-bond donors (Lipinski definition) is 1. The van der Waals surface area contributed by atoms with Crippen LogP contribution in [0.2, 0.25) is 0 Å². The number of carbonyl (C=O) groups is 2. The van der Waals surface area contributed by atoms with Crippen molar-refractivity contribution in [2.24, 2.45) is 0 Å². The fraction of sp³-hybridized carbons (Fsp3) is 0.231. The highest BCUT2D eigenvalue weighted by Gasteiger charge is 2.44. The van der Waals surface area contributed by atoms with Crippen molar-refractivity contribution in [2.75, 3.05) is 32.7 Å². The minimum absolute atomic E-state index is 0.192. The summed E-state index contributed by atoms with van der Waals surface area (Å²) in [5.41, 5.74) is 2.35. The van der Waals surface area contributed by atoms with Crippen molar-refractivity contribution in [3.63, 3.8) is 0 Å². The molecule has 0 bridgehead atoms. The highest BCUT2D eigenvalue weighted by Crippen LogP contribution is 2.43. The van der Waals surface area contributed by atoms with Gasteiger partial charge in [0.2, 0.25) is 5.91 Å². The third-order valence-corrected chi connectivity index (χ3v) is 5.81. The van der Waals surface area contributed by atoms with Crippen LogP contribution in [-0.4, -0.2) is 44.1 Å². The topological polar surface area (TPSA) is 67.9 Å². The van der Waals surface area contributed by atoms with Gasteiger partial charge in [0.05, 0.1) is 25.7 Å². The highest BCUT2D eigenvalue weighted by molar-refractivity contribution is 6.04. The maximum absolute atomic E-state index is 13.7. The lowest BCUT2D eigenvalue weighted by Crippen LogP contribution is -2.47. The van der Waals surface area contributed by atoms with Crippen molar-refractivity contribution < 1.29 is 23.5 Å². The molecule has 3 aromatic rings. The number of amides is 2. The molecular weight excluding hydrogens is 423 g/mol. The number of anilines is 1. The van der Waals surface area contributed by atoms with Gasteiger partial charge in [0, 0.05) is 31.0 Å². The van der Waals surface area contributed by atoms with Crippen LogP contribution in [0.5, 0.6) is 5.75 Å². The Labute approximate surface area is 191 Å². The molecule has 2 unspecified atom stereocenters. The van der Waals surface area contributed by atoms with Crippen LogP contribution in [-0.2, 0) is 9.53 Å². The average Bonchev–Trinajstić information content (AvgIpc) is 2.84. The van der Waals surface area contributed by atoms with Gasteiger partial charge in [0.15, 0.2) is 0 Å². The molecule has 0 spiro atoms. The lowest BCUT2D eigenvalue weighted by atomic mass is 9.79. The smallest absolute Gasteiger partial charge is 0.254 e. The number of methoxy groups -OCH3 is 2. The van der Waals surface area contributed by atoms with E-state index in [4.69, 9.17) is 9.47 Å². The van der Waals surface area contributed by atoms with E-state index in [-0.39, 0.29) is 24.2 Å². The highest BCUT2D eigenvalue weighted by atomic mass is 19.1. The number of fused-ring (bicyclic) bond motifs is 1. The van der Waals surface area contributed by atoms with Crippen LogP contribution in [0, 0.1) is 5.82 Å². The number of benzene rings is 3. The second kappa shape index (κ2) is 9.83. The summed E-state index contributed by atoms with van der Waals surface area (Å²) in [4.78, 5) is 28.8. The van der Waals surface area contributed by atoms with Gasteiger partial charge in [-0.25, -0.2) is 4.39 Å². The van der Waals surface area contributed by atoms with Gasteiger partial charge in [-0.2, -0.15) is 0 Å². The number of rotatable bonds is 7. The van der Waals surface area contributed by atoms with Gasteiger partial charge in [0.25, 0.3) is 5.91 Å². The fourth-order valence-electron chi connectivity index (χ4n) is 4.26. The van der Waals surface area contributed by atoms with E-state index in [0.717, 1.165) is 0 Å². The molecule has 0 saturated heterocycles. The molecule has 0 aliphatic carbocycles. The number of hydrogen-bond acceptors (Lipinski definition) is 4. The number of halogens is 1. The Morgan fingerprint density at radius 1 is 1.03 bits per heavy atom. The Morgan fingerprint density at radius 2 is 1.79 bits per heavy atom. The maximum atomic E-state index is 13.7. The first kappa shape index (κ1) is 22.5. The van der Waals surface area contributed by atoms with Crippen molar-refractivity contribution in [3.05, 3.63) is 95.3 Å². The number of nitrogens with one attached hydrogen (secondary N) is 1. The molecule has 33 heavy (non-hydrogen) atoms.